The van der Waals surface area contributed by atoms with Gasteiger partial charge in [-0.3, -0.25) is 4.79 Å². The van der Waals surface area contributed by atoms with Crippen molar-refractivity contribution < 1.29 is 14.3 Å². The summed E-state index contributed by atoms with van der Waals surface area (Å²) >= 11 is 1.61. The minimum Gasteiger partial charge on any atom is -0.458 e. The molecule has 4 rings (SSSR count). The Bertz CT molecular complexity index is 1270. The molecule has 1 N–H and O–H groups in total. The summed E-state index contributed by atoms with van der Waals surface area (Å²) in [4.78, 5) is 30.5. The van der Waals surface area contributed by atoms with E-state index in [9.17, 15) is 9.59 Å². The topological polar surface area (TPSA) is 104 Å². The molecule has 1 aliphatic rings. The molecule has 3 aromatic rings. The number of nitrogens with zero attached hydrogens (tertiary/aromatic N) is 3. The van der Waals surface area contributed by atoms with Crippen molar-refractivity contribution in [3.8, 4) is 0 Å². The highest BCUT2D eigenvalue weighted by Crippen LogP contribution is 2.49. The zero-order valence-corrected chi connectivity index (χ0v) is 25.5. The number of benzene rings is 3. The second-order valence-corrected chi connectivity index (χ2v) is 13.1. The van der Waals surface area contributed by atoms with E-state index >= 15 is 0 Å². The van der Waals surface area contributed by atoms with Crippen LogP contribution >= 0.6 is 11.8 Å². The lowest BCUT2D eigenvalue weighted by molar-refractivity contribution is -0.158. The second kappa shape index (κ2) is 14.0. The second-order valence-electron chi connectivity index (χ2n) is 11.8. The lowest BCUT2D eigenvalue weighted by Gasteiger charge is -2.37. The highest BCUT2D eigenvalue weighted by atomic mass is 32.2. The van der Waals surface area contributed by atoms with Crippen molar-refractivity contribution >= 4 is 23.6 Å². The lowest BCUT2D eigenvalue weighted by Crippen LogP contribution is -2.51. The Morgan fingerprint density at radius 2 is 1.38 bits per heavy atom. The standard InChI is InChI=1S/C34H40N4O3S/c1-32(2,3)41-30(39)29(37-31(40)33(21-13-14-22-33)23-24-36-38-35)25-42-34(26-15-7-4-8-16-26,27-17-9-5-10-18-27)28-19-11-6-12-20-28/h4-12,15-20,29H,13-14,21-25H2,1-3H3,(H,37,40). The maximum Gasteiger partial charge on any atom is 0.330 e. The molecule has 0 aromatic heterocycles. The summed E-state index contributed by atoms with van der Waals surface area (Å²) < 4.78 is 5.19. The van der Waals surface area contributed by atoms with Crippen molar-refractivity contribution in [2.45, 2.75) is 69.3 Å². The van der Waals surface area contributed by atoms with Gasteiger partial charge in [0.1, 0.15) is 11.6 Å². The van der Waals surface area contributed by atoms with Crippen LogP contribution in [-0.2, 0) is 19.1 Å². The summed E-state index contributed by atoms with van der Waals surface area (Å²) in [6.45, 7) is 5.74. The van der Waals surface area contributed by atoms with E-state index in [4.69, 9.17) is 10.3 Å². The Kier molecular flexibility index (Phi) is 10.4. The number of nitrogens with one attached hydrogen (secondary N) is 1. The van der Waals surface area contributed by atoms with Gasteiger partial charge >= 0.3 is 5.97 Å². The third-order valence-electron chi connectivity index (χ3n) is 7.80. The number of carbonyl (C=O) groups is 2. The lowest BCUT2D eigenvalue weighted by atomic mass is 9.81. The molecule has 3 aromatic carbocycles. The zero-order valence-electron chi connectivity index (χ0n) is 24.7. The first-order chi connectivity index (χ1) is 20.2. The van der Waals surface area contributed by atoms with Gasteiger partial charge in [0, 0.05) is 22.6 Å². The van der Waals surface area contributed by atoms with Gasteiger partial charge in [-0.2, -0.15) is 0 Å². The van der Waals surface area contributed by atoms with Crippen LogP contribution in [0.25, 0.3) is 10.4 Å². The maximum atomic E-state index is 13.9. The molecule has 7 nitrogen and oxygen atoms in total. The van der Waals surface area contributed by atoms with E-state index in [1.807, 2.05) is 75.4 Å². The number of carbonyl (C=O) groups excluding carboxylic acids is 2. The Morgan fingerprint density at radius 1 is 0.905 bits per heavy atom. The van der Waals surface area contributed by atoms with Crippen LogP contribution in [-0.4, -0.2) is 35.8 Å². The Morgan fingerprint density at radius 3 is 1.81 bits per heavy atom. The summed E-state index contributed by atoms with van der Waals surface area (Å²) in [5, 5.41) is 6.81. The molecule has 1 unspecified atom stereocenters. The molecule has 0 heterocycles. The molecule has 0 radical (unpaired) electrons. The first-order valence-corrected chi connectivity index (χ1v) is 15.5. The molecule has 1 atom stereocenters. The first kappa shape index (κ1) is 31.2. The summed E-state index contributed by atoms with van der Waals surface area (Å²) in [7, 11) is 0. The van der Waals surface area contributed by atoms with E-state index in [1.54, 1.807) is 11.8 Å². The van der Waals surface area contributed by atoms with Gasteiger partial charge in [-0.25, -0.2) is 4.79 Å². The number of amides is 1. The van der Waals surface area contributed by atoms with Crippen molar-refractivity contribution in [1.82, 2.24) is 5.32 Å². The third kappa shape index (κ3) is 7.36. The third-order valence-corrected chi connectivity index (χ3v) is 9.44. The van der Waals surface area contributed by atoms with Gasteiger partial charge in [0.15, 0.2) is 0 Å². The van der Waals surface area contributed by atoms with Crippen LogP contribution in [0.5, 0.6) is 0 Å². The predicted molar refractivity (Wildman–Crippen MR) is 169 cm³/mol. The minimum atomic E-state index is -0.880. The molecule has 220 valence electrons. The molecule has 1 fully saturated rings. The molecule has 42 heavy (non-hydrogen) atoms. The molecule has 0 bridgehead atoms. The van der Waals surface area contributed by atoms with Crippen molar-refractivity contribution in [1.29, 1.82) is 0 Å². The number of rotatable bonds is 12. The van der Waals surface area contributed by atoms with Gasteiger partial charge in [0.2, 0.25) is 5.91 Å². The smallest absolute Gasteiger partial charge is 0.330 e. The molecule has 1 saturated carbocycles. The van der Waals surface area contributed by atoms with Gasteiger partial charge < -0.3 is 10.1 Å². The van der Waals surface area contributed by atoms with E-state index in [0.717, 1.165) is 29.5 Å². The van der Waals surface area contributed by atoms with Crippen molar-refractivity contribution in [2.24, 2.45) is 10.5 Å². The largest absolute Gasteiger partial charge is 0.458 e. The molecule has 0 saturated heterocycles. The SMILES string of the molecule is CC(C)(C)OC(=O)C(CSC(c1ccccc1)(c1ccccc1)c1ccccc1)NC(=O)C1(CCN=[N+]=[N-])CCCC1. The average molecular weight is 585 g/mol. The molecule has 0 spiro atoms. The summed E-state index contributed by atoms with van der Waals surface area (Å²) in [6, 6.07) is 29.9. The van der Waals surface area contributed by atoms with Crippen molar-refractivity contribution in [3.05, 3.63) is 118 Å². The van der Waals surface area contributed by atoms with Gasteiger partial charge in [0.25, 0.3) is 0 Å². The van der Waals surface area contributed by atoms with Crippen LogP contribution in [0.1, 0.15) is 69.6 Å². The number of ether oxygens (including phenoxy) is 1. The van der Waals surface area contributed by atoms with Crippen LogP contribution in [0.3, 0.4) is 0 Å². The minimum absolute atomic E-state index is 0.172. The van der Waals surface area contributed by atoms with Gasteiger partial charge in [-0.1, -0.05) is 109 Å². The Hall–Kier alpha value is -3.74. The van der Waals surface area contributed by atoms with E-state index in [0.29, 0.717) is 19.3 Å². The first-order valence-electron chi connectivity index (χ1n) is 14.6. The highest BCUT2D eigenvalue weighted by Gasteiger charge is 2.44. The molecule has 1 amide bonds. The van der Waals surface area contributed by atoms with E-state index in [2.05, 4.69) is 51.7 Å². The zero-order chi connectivity index (χ0) is 30.1. The van der Waals surface area contributed by atoms with Gasteiger partial charge in [-0.15, -0.1) is 11.8 Å². The number of thioether (sulfide) groups is 1. The van der Waals surface area contributed by atoms with Crippen molar-refractivity contribution in [3.63, 3.8) is 0 Å². The average Bonchev–Trinajstić information content (AvgIpc) is 3.48. The van der Waals surface area contributed by atoms with E-state index in [1.165, 1.54) is 0 Å². The summed E-state index contributed by atoms with van der Waals surface area (Å²) in [5.41, 5.74) is 10.7. The Balaban J connectivity index is 1.74. The molecular formula is C34H40N4O3S. The van der Waals surface area contributed by atoms with Crippen LogP contribution in [0.4, 0.5) is 0 Å². The van der Waals surface area contributed by atoms with Crippen LogP contribution in [0, 0.1) is 5.41 Å². The van der Waals surface area contributed by atoms with Crippen LogP contribution in [0.15, 0.2) is 96.1 Å². The van der Waals surface area contributed by atoms with Crippen LogP contribution in [0.2, 0.25) is 0 Å². The van der Waals surface area contributed by atoms with Crippen molar-refractivity contribution in [2.75, 3.05) is 12.3 Å². The summed E-state index contributed by atoms with van der Waals surface area (Å²) in [5.74, 6) is -0.352. The Labute approximate surface area is 253 Å². The normalized spacial score (nSPS) is 15.3. The number of azide groups is 1. The number of hydrogen-bond acceptors (Lipinski definition) is 5. The monoisotopic (exact) mass is 584 g/mol. The number of hydrogen-bond donors (Lipinski definition) is 1. The predicted octanol–water partition coefficient (Wildman–Crippen LogP) is 7.80. The fourth-order valence-corrected chi connectivity index (χ4v) is 7.33. The van der Waals surface area contributed by atoms with Crippen LogP contribution < -0.4 is 5.32 Å². The fourth-order valence-electron chi connectivity index (χ4n) is 5.78. The van der Waals surface area contributed by atoms with E-state index in [-0.39, 0.29) is 18.2 Å². The molecule has 1 aliphatic carbocycles. The fraction of sp³-hybridized carbons (Fsp3) is 0.412. The maximum absolute atomic E-state index is 13.9. The quantitative estimate of drug-likeness (QED) is 0.0771. The van der Waals surface area contributed by atoms with Gasteiger partial charge in [0.05, 0.1) is 4.75 Å². The number of esters is 1. The molecule has 8 heteroatoms. The van der Waals surface area contributed by atoms with E-state index < -0.39 is 27.8 Å². The summed E-state index contributed by atoms with van der Waals surface area (Å²) in [6.07, 6.45) is 3.72. The molecule has 0 aliphatic heterocycles. The van der Waals surface area contributed by atoms with Gasteiger partial charge in [-0.05, 0) is 62.3 Å². The molecular weight excluding hydrogens is 544 g/mol. The highest BCUT2D eigenvalue weighted by molar-refractivity contribution is 8.00.